The minimum absolute atomic E-state index is 0.240. The molecule has 116 valence electrons. The van der Waals surface area contributed by atoms with Gasteiger partial charge in [-0.3, -0.25) is 9.69 Å². The zero-order valence-electron chi connectivity index (χ0n) is 13.7. The zero-order chi connectivity index (χ0) is 14.8. The van der Waals surface area contributed by atoms with E-state index in [4.69, 9.17) is 0 Å². The summed E-state index contributed by atoms with van der Waals surface area (Å²) in [7, 11) is 2.22. The number of carbonyl (C=O) groups is 1. The highest BCUT2D eigenvalue weighted by atomic mass is 16.2. The van der Waals surface area contributed by atoms with E-state index in [1.807, 2.05) is 25.7 Å². The van der Waals surface area contributed by atoms with Gasteiger partial charge >= 0.3 is 0 Å². The number of likely N-dealkylation sites (tertiary alicyclic amines) is 1. The molecule has 1 amide bonds. The average Bonchev–Trinajstić information content (AvgIpc) is 2.40. The minimum atomic E-state index is -0.240. The Morgan fingerprint density at radius 3 is 2.05 bits per heavy atom. The Hall–Kier alpha value is -0.610. The number of carbonyl (C=O) groups excluding carboxylic acids is 1. The molecular weight excluding hydrogens is 250 g/mol. The van der Waals surface area contributed by atoms with Gasteiger partial charge in [-0.25, -0.2) is 0 Å². The molecule has 2 aliphatic heterocycles. The largest absolute Gasteiger partial charge is 0.340 e. The van der Waals surface area contributed by atoms with Gasteiger partial charge in [0.25, 0.3) is 0 Å². The van der Waals surface area contributed by atoms with Crippen molar-refractivity contribution < 1.29 is 4.79 Å². The van der Waals surface area contributed by atoms with Gasteiger partial charge in [-0.15, -0.1) is 0 Å². The topological polar surface area (TPSA) is 26.8 Å². The summed E-state index contributed by atoms with van der Waals surface area (Å²) in [6.07, 6.45) is 2.66. The molecule has 4 heteroatoms. The van der Waals surface area contributed by atoms with E-state index in [1.54, 1.807) is 0 Å². The van der Waals surface area contributed by atoms with E-state index in [0.29, 0.717) is 5.91 Å². The van der Waals surface area contributed by atoms with E-state index in [1.165, 1.54) is 32.5 Å². The normalized spacial score (nSPS) is 24.1. The lowest BCUT2D eigenvalue weighted by Crippen LogP contribution is -2.52. The molecule has 0 bridgehead atoms. The van der Waals surface area contributed by atoms with E-state index < -0.39 is 0 Å². The molecule has 0 N–H and O–H groups in total. The number of nitrogens with zero attached hydrogens (tertiary/aromatic N) is 3. The van der Waals surface area contributed by atoms with Crippen LogP contribution in [0.5, 0.6) is 0 Å². The molecule has 0 aromatic rings. The maximum absolute atomic E-state index is 12.3. The highest BCUT2D eigenvalue weighted by Crippen LogP contribution is 2.21. The Kier molecular flexibility index (Phi) is 5.08. The molecule has 2 aliphatic rings. The highest BCUT2D eigenvalue weighted by molar-refractivity contribution is 5.81. The minimum Gasteiger partial charge on any atom is -0.340 e. The molecule has 4 nitrogen and oxygen atoms in total. The van der Waals surface area contributed by atoms with Crippen LogP contribution in [-0.4, -0.2) is 73.5 Å². The standard InChI is InChI=1S/C16H31N3O/c1-16(2,3)15(20)19-11-9-18(10-12-19)13-14-5-7-17(4)8-6-14/h14H,5-13H2,1-4H3. The molecule has 20 heavy (non-hydrogen) atoms. The molecule has 0 saturated carbocycles. The third-order valence-electron chi connectivity index (χ3n) is 4.66. The Balaban J connectivity index is 1.73. The molecule has 0 aromatic heterocycles. The summed E-state index contributed by atoms with van der Waals surface area (Å²) in [6, 6.07) is 0. The number of hydrogen-bond acceptors (Lipinski definition) is 3. The molecule has 0 radical (unpaired) electrons. The second-order valence-electron chi connectivity index (χ2n) is 7.59. The van der Waals surface area contributed by atoms with Crippen molar-refractivity contribution in [3.63, 3.8) is 0 Å². The molecular formula is C16H31N3O. The predicted octanol–water partition coefficient (Wildman–Crippen LogP) is 1.52. The highest BCUT2D eigenvalue weighted by Gasteiger charge is 2.30. The first-order valence-electron chi connectivity index (χ1n) is 8.06. The summed E-state index contributed by atoms with van der Waals surface area (Å²) >= 11 is 0. The molecule has 0 spiro atoms. The number of piperazine rings is 1. The van der Waals surface area contributed by atoms with Crippen LogP contribution in [0.1, 0.15) is 33.6 Å². The molecule has 2 saturated heterocycles. The molecule has 0 aromatic carbocycles. The van der Waals surface area contributed by atoms with Crippen LogP contribution in [0.2, 0.25) is 0 Å². The maximum Gasteiger partial charge on any atom is 0.228 e. The van der Waals surface area contributed by atoms with Crippen LogP contribution in [0.15, 0.2) is 0 Å². The van der Waals surface area contributed by atoms with Gasteiger partial charge in [-0.1, -0.05) is 20.8 Å². The smallest absolute Gasteiger partial charge is 0.228 e. The first-order valence-corrected chi connectivity index (χ1v) is 8.06. The summed E-state index contributed by atoms with van der Waals surface area (Å²) in [5, 5.41) is 0. The summed E-state index contributed by atoms with van der Waals surface area (Å²) < 4.78 is 0. The molecule has 2 fully saturated rings. The predicted molar refractivity (Wildman–Crippen MR) is 82.7 cm³/mol. The third kappa shape index (κ3) is 4.19. The second kappa shape index (κ2) is 6.44. The van der Waals surface area contributed by atoms with Crippen molar-refractivity contribution >= 4 is 5.91 Å². The quantitative estimate of drug-likeness (QED) is 0.768. The van der Waals surface area contributed by atoms with Crippen molar-refractivity contribution in [2.24, 2.45) is 11.3 Å². The number of piperidine rings is 1. The van der Waals surface area contributed by atoms with Crippen LogP contribution in [-0.2, 0) is 4.79 Å². The van der Waals surface area contributed by atoms with Gasteiger partial charge in [0.15, 0.2) is 0 Å². The van der Waals surface area contributed by atoms with Crippen molar-refractivity contribution in [1.82, 2.24) is 14.7 Å². The Morgan fingerprint density at radius 1 is 1.00 bits per heavy atom. The van der Waals surface area contributed by atoms with Crippen LogP contribution in [0, 0.1) is 11.3 Å². The van der Waals surface area contributed by atoms with Crippen LogP contribution in [0.3, 0.4) is 0 Å². The molecule has 0 atom stereocenters. The molecule has 0 unspecified atom stereocenters. The van der Waals surface area contributed by atoms with Gasteiger partial charge in [0.1, 0.15) is 0 Å². The number of hydrogen-bond donors (Lipinski definition) is 0. The van der Waals surface area contributed by atoms with E-state index in [2.05, 4.69) is 16.8 Å². The van der Waals surface area contributed by atoms with Crippen LogP contribution in [0.4, 0.5) is 0 Å². The molecule has 2 heterocycles. The monoisotopic (exact) mass is 281 g/mol. The average molecular weight is 281 g/mol. The Bertz CT molecular complexity index is 321. The van der Waals surface area contributed by atoms with Gasteiger partial charge in [-0.05, 0) is 38.9 Å². The van der Waals surface area contributed by atoms with Crippen LogP contribution in [0.25, 0.3) is 0 Å². The second-order valence-corrected chi connectivity index (χ2v) is 7.59. The van der Waals surface area contributed by atoms with Crippen LogP contribution >= 0.6 is 0 Å². The molecule has 2 rings (SSSR count). The lowest BCUT2D eigenvalue weighted by molar-refractivity contribution is -0.141. The lowest BCUT2D eigenvalue weighted by Gasteiger charge is -2.40. The summed E-state index contributed by atoms with van der Waals surface area (Å²) in [4.78, 5) is 19.3. The van der Waals surface area contributed by atoms with E-state index in [-0.39, 0.29) is 5.41 Å². The fraction of sp³-hybridized carbons (Fsp3) is 0.938. The van der Waals surface area contributed by atoms with Gasteiger partial charge in [-0.2, -0.15) is 0 Å². The van der Waals surface area contributed by atoms with E-state index in [0.717, 1.165) is 32.1 Å². The first kappa shape index (κ1) is 15.8. The van der Waals surface area contributed by atoms with Gasteiger partial charge in [0, 0.05) is 38.1 Å². The number of amides is 1. The van der Waals surface area contributed by atoms with Gasteiger partial charge in [0.2, 0.25) is 5.91 Å². The number of rotatable bonds is 2. The molecule has 0 aliphatic carbocycles. The van der Waals surface area contributed by atoms with Crippen molar-refractivity contribution in [2.75, 3.05) is 52.9 Å². The summed E-state index contributed by atoms with van der Waals surface area (Å²) in [5.41, 5.74) is -0.240. The van der Waals surface area contributed by atoms with Crippen LogP contribution < -0.4 is 0 Å². The zero-order valence-corrected chi connectivity index (χ0v) is 13.7. The van der Waals surface area contributed by atoms with E-state index >= 15 is 0 Å². The van der Waals surface area contributed by atoms with Crippen molar-refractivity contribution in [1.29, 1.82) is 0 Å². The summed E-state index contributed by atoms with van der Waals surface area (Å²) in [5.74, 6) is 1.16. The van der Waals surface area contributed by atoms with Crippen molar-refractivity contribution in [2.45, 2.75) is 33.6 Å². The van der Waals surface area contributed by atoms with Gasteiger partial charge < -0.3 is 9.80 Å². The maximum atomic E-state index is 12.3. The third-order valence-corrected chi connectivity index (χ3v) is 4.66. The Labute approximate surface area is 124 Å². The fourth-order valence-electron chi connectivity index (χ4n) is 3.22. The van der Waals surface area contributed by atoms with Gasteiger partial charge in [0.05, 0.1) is 0 Å². The fourth-order valence-corrected chi connectivity index (χ4v) is 3.22. The van der Waals surface area contributed by atoms with E-state index in [9.17, 15) is 4.79 Å². The van der Waals surface area contributed by atoms with Crippen molar-refractivity contribution in [3.05, 3.63) is 0 Å². The first-order chi connectivity index (χ1) is 9.36. The lowest BCUT2D eigenvalue weighted by atomic mass is 9.94. The summed E-state index contributed by atoms with van der Waals surface area (Å²) in [6.45, 7) is 13.7. The van der Waals surface area contributed by atoms with Crippen molar-refractivity contribution in [3.8, 4) is 0 Å². The Morgan fingerprint density at radius 2 is 1.55 bits per heavy atom. The SMILES string of the molecule is CN1CCC(CN2CCN(C(=O)C(C)(C)C)CC2)CC1.